The largest absolute Gasteiger partial charge is 0.380 e. The third-order valence-electron chi connectivity index (χ3n) is 2.33. The number of aliphatic hydroxyl groups is 1. The molecule has 0 aliphatic carbocycles. The number of aryl methyl sites for hydroxylation is 1. The Kier molecular flexibility index (Phi) is 2.78. The van der Waals surface area contributed by atoms with E-state index in [2.05, 4.69) is 10.3 Å². The van der Waals surface area contributed by atoms with Crippen LogP contribution < -0.4 is 0 Å². The Morgan fingerprint density at radius 3 is 2.62 bits per heavy atom. The van der Waals surface area contributed by atoms with Crippen LogP contribution in [-0.4, -0.2) is 25.9 Å². The molecule has 0 saturated carbocycles. The number of Topliss-reactive ketones (excluding diaryl/α,β-unsaturated/α-hetero) is 1. The van der Waals surface area contributed by atoms with Gasteiger partial charge in [-0.15, -0.1) is 5.10 Å². The van der Waals surface area contributed by atoms with Gasteiger partial charge in [-0.25, -0.2) is 4.68 Å². The van der Waals surface area contributed by atoms with E-state index in [9.17, 15) is 9.90 Å². The van der Waals surface area contributed by atoms with Crippen LogP contribution in [0.3, 0.4) is 0 Å². The average Bonchev–Trinajstić information content (AvgIpc) is 2.75. The summed E-state index contributed by atoms with van der Waals surface area (Å²) >= 11 is 0. The molecule has 0 amide bonds. The minimum Gasteiger partial charge on any atom is -0.380 e. The highest BCUT2D eigenvalue weighted by molar-refractivity contribution is 5.98. The van der Waals surface area contributed by atoms with Crippen molar-refractivity contribution in [1.82, 2.24) is 15.0 Å². The van der Waals surface area contributed by atoms with E-state index in [0.29, 0.717) is 5.56 Å². The minimum atomic E-state index is -1.17. The summed E-state index contributed by atoms with van der Waals surface area (Å²) in [6.45, 7) is 0. The van der Waals surface area contributed by atoms with E-state index in [1.807, 2.05) is 6.07 Å². The van der Waals surface area contributed by atoms with Gasteiger partial charge < -0.3 is 5.11 Å². The Morgan fingerprint density at radius 1 is 1.38 bits per heavy atom. The van der Waals surface area contributed by atoms with E-state index >= 15 is 0 Å². The number of aliphatic hydroxyl groups excluding tert-OH is 1. The highest BCUT2D eigenvalue weighted by Gasteiger charge is 2.21. The van der Waals surface area contributed by atoms with E-state index < -0.39 is 11.9 Å². The Labute approximate surface area is 92.3 Å². The van der Waals surface area contributed by atoms with Crippen LogP contribution in [0.5, 0.6) is 0 Å². The zero-order valence-corrected chi connectivity index (χ0v) is 8.74. The van der Waals surface area contributed by atoms with Gasteiger partial charge in [0.15, 0.2) is 0 Å². The lowest BCUT2D eigenvalue weighted by Crippen LogP contribution is -2.15. The molecular formula is C11H11N3O2. The first-order valence-electron chi connectivity index (χ1n) is 4.82. The van der Waals surface area contributed by atoms with Crippen molar-refractivity contribution in [1.29, 1.82) is 0 Å². The van der Waals surface area contributed by atoms with E-state index in [1.54, 1.807) is 31.3 Å². The lowest BCUT2D eigenvalue weighted by atomic mass is 10.0. The molecule has 1 unspecified atom stereocenters. The van der Waals surface area contributed by atoms with Gasteiger partial charge in [0, 0.05) is 7.05 Å². The second-order valence-corrected chi connectivity index (χ2v) is 3.42. The normalized spacial score (nSPS) is 12.4. The van der Waals surface area contributed by atoms with Crippen molar-refractivity contribution in [3.05, 3.63) is 47.8 Å². The fourth-order valence-corrected chi connectivity index (χ4v) is 1.44. The molecule has 0 bridgehead atoms. The Balaban J connectivity index is 2.27. The third kappa shape index (κ3) is 1.85. The summed E-state index contributed by atoms with van der Waals surface area (Å²) in [6.07, 6.45) is 0.174. The van der Waals surface area contributed by atoms with Gasteiger partial charge in [0.2, 0.25) is 5.78 Å². The first-order chi connectivity index (χ1) is 7.70. The second-order valence-electron chi connectivity index (χ2n) is 3.42. The molecule has 16 heavy (non-hydrogen) atoms. The smallest absolute Gasteiger partial charge is 0.215 e. The standard InChI is InChI=1S/C11H11N3O2/c1-14-9(7-12-13-14)11(16)10(15)8-5-3-2-4-6-8/h2-7,10,15H,1H3. The molecule has 0 radical (unpaired) electrons. The van der Waals surface area contributed by atoms with Crippen molar-refractivity contribution in [3.8, 4) is 0 Å². The van der Waals surface area contributed by atoms with Crippen molar-refractivity contribution < 1.29 is 9.90 Å². The number of hydrogen-bond acceptors (Lipinski definition) is 4. The van der Waals surface area contributed by atoms with E-state index in [0.717, 1.165) is 0 Å². The summed E-state index contributed by atoms with van der Waals surface area (Å²) in [5, 5.41) is 17.1. The predicted octanol–water partition coefficient (Wildman–Crippen LogP) is 0.731. The van der Waals surface area contributed by atoms with E-state index in [4.69, 9.17) is 0 Å². The Hall–Kier alpha value is -2.01. The molecule has 0 spiro atoms. The van der Waals surface area contributed by atoms with Gasteiger partial charge in [0.1, 0.15) is 11.8 Å². The molecule has 2 aromatic rings. The van der Waals surface area contributed by atoms with Crippen LogP contribution in [0, 0.1) is 0 Å². The van der Waals surface area contributed by atoms with Crippen molar-refractivity contribution >= 4 is 5.78 Å². The monoisotopic (exact) mass is 217 g/mol. The second kappa shape index (κ2) is 4.24. The summed E-state index contributed by atoms with van der Waals surface area (Å²) in [4.78, 5) is 11.9. The molecule has 1 N–H and O–H groups in total. The fraction of sp³-hybridized carbons (Fsp3) is 0.182. The molecule has 0 aliphatic rings. The number of carbonyl (C=O) groups excluding carboxylic acids is 1. The molecule has 1 heterocycles. The number of hydrogen-bond donors (Lipinski definition) is 1. The molecule has 5 nitrogen and oxygen atoms in total. The lowest BCUT2D eigenvalue weighted by Gasteiger charge is -2.08. The molecule has 5 heteroatoms. The highest BCUT2D eigenvalue weighted by Crippen LogP contribution is 2.16. The zero-order valence-electron chi connectivity index (χ0n) is 8.74. The maximum atomic E-state index is 11.9. The van der Waals surface area contributed by atoms with Crippen molar-refractivity contribution in [2.75, 3.05) is 0 Å². The molecule has 1 aromatic heterocycles. The van der Waals surface area contributed by atoms with E-state index in [1.165, 1.54) is 10.9 Å². The highest BCUT2D eigenvalue weighted by atomic mass is 16.3. The topological polar surface area (TPSA) is 68.0 Å². The first-order valence-corrected chi connectivity index (χ1v) is 4.82. The summed E-state index contributed by atoms with van der Waals surface area (Å²) in [7, 11) is 1.61. The fourth-order valence-electron chi connectivity index (χ4n) is 1.44. The number of nitrogens with zero attached hydrogens (tertiary/aromatic N) is 3. The molecular weight excluding hydrogens is 206 g/mol. The maximum Gasteiger partial charge on any atom is 0.215 e. The number of carbonyl (C=O) groups is 1. The van der Waals surface area contributed by atoms with Crippen LogP contribution in [0.4, 0.5) is 0 Å². The van der Waals surface area contributed by atoms with Gasteiger partial charge >= 0.3 is 0 Å². The number of ketones is 1. The van der Waals surface area contributed by atoms with Crippen molar-refractivity contribution in [3.63, 3.8) is 0 Å². The summed E-state index contributed by atoms with van der Waals surface area (Å²) < 4.78 is 1.34. The van der Waals surface area contributed by atoms with Gasteiger partial charge in [-0.2, -0.15) is 0 Å². The van der Waals surface area contributed by atoms with Crippen LogP contribution in [0.2, 0.25) is 0 Å². The van der Waals surface area contributed by atoms with Crippen molar-refractivity contribution in [2.24, 2.45) is 7.05 Å². The van der Waals surface area contributed by atoms with Crippen molar-refractivity contribution in [2.45, 2.75) is 6.10 Å². The van der Waals surface area contributed by atoms with Crippen LogP contribution in [0.1, 0.15) is 22.2 Å². The molecule has 82 valence electrons. The molecule has 0 saturated heterocycles. The van der Waals surface area contributed by atoms with Crippen LogP contribution >= 0.6 is 0 Å². The van der Waals surface area contributed by atoms with Crippen LogP contribution in [0.25, 0.3) is 0 Å². The summed E-state index contributed by atoms with van der Waals surface area (Å²) in [5.74, 6) is -0.404. The zero-order chi connectivity index (χ0) is 11.5. The quantitative estimate of drug-likeness (QED) is 0.769. The molecule has 2 rings (SSSR count). The lowest BCUT2D eigenvalue weighted by molar-refractivity contribution is 0.0737. The SMILES string of the molecule is Cn1nncc1C(=O)C(O)c1ccccc1. The van der Waals surface area contributed by atoms with Crippen LogP contribution in [0.15, 0.2) is 36.5 Å². The minimum absolute atomic E-state index is 0.288. The summed E-state index contributed by atoms with van der Waals surface area (Å²) in [5.41, 5.74) is 0.852. The van der Waals surface area contributed by atoms with Gasteiger partial charge in [0.25, 0.3) is 0 Å². The first kappa shape index (κ1) is 10.5. The third-order valence-corrected chi connectivity index (χ3v) is 2.33. The van der Waals surface area contributed by atoms with Gasteiger partial charge in [-0.1, -0.05) is 35.5 Å². The maximum absolute atomic E-state index is 11.9. The molecule has 1 atom stereocenters. The molecule has 0 fully saturated rings. The van der Waals surface area contributed by atoms with E-state index in [-0.39, 0.29) is 5.69 Å². The number of benzene rings is 1. The van der Waals surface area contributed by atoms with Gasteiger partial charge in [0.05, 0.1) is 6.20 Å². The molecule has 1 aromatic carbocycles. The Bertz CT molecular complexity index is 493. The number of aromatic nitrogens is 3. The van der Waals surface area contributed by atoms with Crippen LogP contribution in [-0.2, 0) is 7.05 Å². The molecule has 0 aliphatic heterocycles. The Morgan fingerprint density at radius 2 is 2.06 bits per heavy atom. The van der Waals surface area contributed by atoms with Gasteiger partial charge in [-0.05, 0) is 5.56 Å². The average molecular weight is 217 g/mol. The van der Waals surface area contributed by atoms with Gasteiger partial charge in [-0.3, -0.25) is 4.79 Å². The number of rotatable bonds is 3. The predicted molar refractivity (Wildman–Crippen MR) is 56.7 cm³/mol. The summed E-state index contributed by atoms with van der Waals surface area (Å²) in [6, 6.07) is 8.77.